The highest BCUT2D eigenvalue weighted by molar-refractivity contribution is 6.05. The highest BCUT2D eigenvalue weighted by Crippen LogP contribution is 2.40. The summed E-state index contributed by atoms with van der Waals surface area (Å²) in [5, 5.41) is 6.62. The van der Waals surface area contributed by atoms with Crippen molar-refractivity contribution in [3.05, 3.63) is 48.7 Å². The minimum atomic E-state index is -0.157. The van der Waals surface area contributed by atoms with Gasteiger partial charge in [0.2, 0.25) is 11.9 Å². The summed E-state index contributed by atoms with van der Waals surface area (Å²) in [5.74, 6) is 3.04. The summed E-state index contributed by atoms with van der Waals surface area (Å²) in [5.41, 5.74) is 1.65. The number of hydrogen-bond donors (Lipinski definition) is 2. The highest BCUT2D eigenvalue weighted by Gasteiger charge is 2.37. The Morgan fingerprint density at radius 2 is 1.86 bits per heavy atom. The number of rotatable bonds is 7. The molecule has 2 fully saturated rings. The molecule has 0 radical (unpaired) electrons. The van der Waals surface area contributed by atoms with E-state index in [0.717, 1.165) is 42.2 Å². The fraction of sp³-hybridized carbons (Fsp3) is 0.500. The molecule has 1 aliphatic heterocycles. The zero-order chi connectivity index (χ0) is 25.9. The van der Waals surface area contributed by atoms with Gasteiger partial charge in [-0.15, -0.1) is 0 Å². The number of benzene rings is 1. The molecule has 2 aliphatic carbocycles. The van der Waals surface area contributed by atoms with Gasteiger partial charge in [-0.3, -0.25) is 14.6 Å². The number of hydrogen-bond acceptors (Lipinski definition) is 6. The van der Waals surface area contributed by atoms with Crippen LogP contribution < -0.4 is 25.2 Å². The van der Waals surface area contributed by atoms with Gasteiger partial charge in [-0.2, -0.15) is 4.98 Å². The number of anilines is 3. The third-order valence-electron chi connectivity index (χ3n) is 8.17. The van der Waals surface area contributed by atoms with Gasteiger partial charge in [0.25, 0.3) is 0 Å². The van der Waals surface area contributed by atoms with E-state index in [9.17, 15) is 9.59 Å². The molecule has 0 saturated heterocycles. The number of fused-ring (bicyclic) bond motifs is 1. The number of methoxy groups -OCH3 is 1. The summed E-state index contributed by atoms with van der Waals surface area (Å²) in [6, 6.07) is 7.25. The number of carbonyl (C=O) groups excluding carboxylic acids is 2. The van der Waals surface area contributed by atoms with E-state index >= 15 is 0 Å². The van der Waals surface area contributed by atoms with E-state index in [1.165, 1.54) is 31.8 Å². The first-order chi connectivity index (χ1) is 18.0. The molecule has 37 heavy (non-hydrogen) atoms. The summed E-state index contributed by atoms with van der Waals surface area (Å²) in [4.78, 5) is 38.0. The number of ether oxygens (including phenoxy) is 1. The van der Waals surface area contributed by atoms with Crippen LogP contribution in [0.5, 0.6) is 5.75 Å². The van der Waals surface area contributed by atoms with Crippen LogP contribution >= 0.6 is 0 Å². The summed E-state index contributed by atoms with van der Waals surface area (Å²) in [6.07, 6.45) is 11.4. The van der Waals surface area contributed by atoms with Crippen molar-refractivity contribution >= 4 is 29.4 Å². The van der Waals surface area contributed by atoms with Crippen LogP contribution in [0.2, 0.25) is 0 Å². The van der Waals surface area contributed by atoms with Crippen LogP contribution in [-0.2, 0) is 11.3 Å². The third kappa shape index (κ3) is 5.26. The molecule has 9 heteroatoms. The lowest BCUT2D eigenvalue weighted by atomic mass is 9.75. The van der Waals surface area contributed by atoms with Gasteiger partial charge in [0.1, 0.15) is 11.6 Å². The van der Waals surface area contributed by atoms with Crippen LogP contribution in [0.3, 0.4) is 0 Å². The molecule has 9 nitrogen and oxygen atoms in total. The standard InChI is InChI=1S/C28H36N6O3/c1-4-25(35)30-24-15-19(18-7-5-6-8-18)9-14-23(24)31-27-29-16-20-17-34(28(36)33(2)26(20)32-27)21-10-12-22(37-3)13-11-21/h4,10-13,16,18-19,23-24H,1,5-9,14-15,17H2,2-3H3,(H,30,35)(H,29,31,32)/t19?,23-,24+/m1/s1. The van der Waals surface area contributed by atoms with Crippen molar-refractivity contribution in [3.63, 3.8) is 0 Å². The molecule has 0 spiro atoms. The number of aromatic nitrogens is 2. The van der Waals surface area contributed by atoms with Gasteiger partial charge in [0, 0.05) is 36.6 Å². The van der Waals surface area contributed by atoms with Gasteiger partial charge in [0.15, 0.2) is 0 Å². The molecule has 2 N–H and O–H groups in total. The quantitative estimate of drug-likeness (QED) is 0.539. The molecule has 3 amide bonds. The molecule has 1 unspecified atom stereocenters. The summed E-state index contributed by atoms with van der Waals surface area (Å²) in [7, 11) is 3.35. The molecular formula is C28H36N6O3. The van der Waals surface area contributed by atoms with E-state index in [1.54, 1.807) is 30.2 Å². The van der Waals surface area contributed by atoms with E-state index in [0.29, 0.717) is 24.2 Å². The van der Waals surface area contributed by atoms with Gasteiger partial charge in [0.05, 0.1) is 13.7 Å². The van der Waals surface area contributed by atoms with Crippen molar-refractivity contribution < 1.29 is 14.3 Å². The van der Waals surface area contributed by atoms with Crippen molar-refractivity contribution in [1.82, 2.24) is 15.3 Å². The Labute approximate surface area is 218 Å². The number of carbonyl (C=O) groups is 2. The van der Waals surface area contributed by atoms with Gasteiger partial charge in [-0.25, -0.2) is 9.78 Å². The van der Waals surface area contributed by atoms with Crippen LogP contribution in [-0.4, -0.2) is 48.1 Å². The first-order valence-electron chi connectivity index (χ1n) is 13.2. The maximum Gasteiger partial charge on any atom is 0.330 e. The average molecular weight is 505 g/mol. The van der Waals surface area contributed by atoms with Gasteiger partial charge >= 0.3 is 6.03 Å². The van der Waals surface area contributed by atoms with Crippen LogP contribution in [0.1, 0.15) is 50.5 Å². The second kappa shape index (κ2) is 10.8. The molecule has 0 bridgehead atoms. The van der Waals surface area contributed by atoms with Crippen LogP contribution in [0, 0.1) is 11.8 Å². The highest BCUT2D eigenvalue weighted by atomic mass is 16.5. The number of nitrogens with one attached hydrogen (secondary N) is 2. The van der Waals surface area contributed by atoms with Gasteiger partial charge < -0.3 is 15.4 Å². The van der Waals surface area contributed by atoms with Crippen molar-refractivity contribution in [2.75, 3.05) is 29.3 Å². The van der Waals surface area contributed by atoms with E-state index in [1.807, 2.05) is 24.3 Å². The first-order valence-corrected chi connectivity index (χ1v) is 13.2. The van der Waals surface area contributed by atoms with Gasteiger partial charge in [-0.05, 0) is 61.4 Å². The second-order valence-corrected chi connectivity index (χ2v) is 10.4. The van der Waals surface area contributed by atoms with E-state index in [-0.39, 0.29) is 24.0 Å². The van der Waals surface area contributed by atoms with E-state index < -0.39 is 0 Å². The molecule has 196 valence electrons. The Morgan fingerprint density at radius 1 is 1.11 bits per heavy atom. The molecular weight excluding hydrogens is 468 g/mol. The first kappa shape index (κ1) is 25.0. The Morgan fingerprint density at radius 3 is 2.57 bits per heavy atom. The third-order valence-corrected chi connectivity index (χ3v) is 8.17. The Hall–Kier alpha value is -3.62. The lowest BCUT2D eigenvalue weighted by molar-refractivity contribution is -0.117. The SMILES string of the molecule is C=CC(=O)N[C@H]1CC(C2CCCC2)CC[C@H]1Nc1ncc2c(n1)N(C)C(=O)N(c1ccc(OC)cc1)C2. The predicted octanol–water partition coefficient (Wildman–Crippen LogP) is 4.50. The monoisotopic (exact) mass is 504 g/mol. The molecule has 3 atom stereocenters. The normalized spacial score (nSPS) is 23.9. The maximum atomic E-state index is 13.2. The average Bonchev–Trinajstić information content (AvgIpc) is 3.47. The summed E-state index contributed by atoms with van der Waals surface area (Å²) >= 11 is 0. The lowest BCUT2D eigenvalue weighted by Gasteiger charge is -2.39. The maximum absolute atomic E-state index is 13.2. The van der Waals surface area contributed by atoms with Crippen molar-refractivity contribution in [2.45, 2.75) is 63.6 Å². The Balaban J connectivity index is 1.32. The van der Waals surface area contributed by atoms with E-state index in [4.69, 9.17) is 9.72 Å². The topological polar surface area (TPSA) is 99.7 Å². The summed E-state index contributed by atoms with van der Waals surface area (Å²) in [6.45, 7) is 4.01. The zero-order valence-electron chi connectivity index (χ0n) is 21.7. The van der Waals surface area contributed by atoms with E-state index in [2.05, 4.69) is 22.2 Å². The zero-order valence-corrected chi connectivity index (χ0v) is 21.7. The summed E-state index contributed by atoms with van der Waals surface area (Å²) < 4.78 is 5.23. The molecule has 3 aliphatic rings. The fourth-order valence-electron chi connectivity index (χ4n) is 6.14. The van der Waals surface area contributed by atoms with Crippen LogP contribution in [0.15, 0.2) is 43.1 Å². The Kier molecular flexibility index (Phi) is 7.30. The molecule has 2 heterocycles. The van der Waals surface area contributed by atoms with Crippen molar-refractivity contribution in [1.29, 1.82) is 0 Å². The van der Waals surface area contributed by atoms with Crippen molar-refractivity contribution in [3.8, 4) is 5.75 Å². The minimum Gasteiger partial charge on any atom is -0.497 e. The fourth-order valence-corrected chi connectivity index (χ4v) is 6.14. The number of amides is 3. The number of nitrogens with zero attached hydrogens (tertiary/aromatic N) is 4. The molecule has 2 saturated carbocycles. The number of urea groups is 1. The largest absolute Gasteiger partial charge is 0.497 e. The van der Waals surface area contributed by atoms with Crippen LogP contribution in [0.4, 0.5) is 22.2 Å². The molecule has 2 aromatic rings. The smallest absolute Gasteiger partial charge is 0.330 e. The Bertz CT molecular complexity index is 1150. The van der Waals surface area contributed by atoms with Crippen LogP contribution in [0.25, 0.3) is 0 Å². The predicted molar refractivity (Wildman–Crippen MR) is 144 cm³/mol. The lowest BCUT2D eigenvalue weighted by Crippen LogP contribution is -2.51. The van der Waals surface area contributed by atoms with Gasteiger partial charge in [-0.1, -0.05) is 32.3 Å². The van der Waals surface area contributed by atoms with Crippen molar-refractivity contribution in [2.24, 2.45) is 11.8 Å². The molecule has 5 rings (SSSR count). The second-order valence-electron chi connectivity index (χ2n) is 10.4. The minimum absolute atomic E-state index is 0.0139. The molecule has 1 aromatic heterocycles. The molecule has 1 aromatic carbocycles.